The van der Waals surface area contributed by atoms with Crippen LogP contribution in [0.15, 0.2) is 23.0 Å². The highest BCUT2D eigenvalue weighted by molar-refractivity contribution is 7.88. The van der Waals surface area contributed by atoms with E-state index in [0.717, 1.165) is 6.26 Å². The minimum absolute atomic E-state index is 0.0668. The number of ketones is 1. The lowest BCUT2D eigenvalue weighted by Gasteiger charge is -2.37. The predicted octanol–water partition coefficient (Wildman–Crippen LogP) is 0.749. The number of aliphatic hydroxyl groups is 4. The van der Waals surface area contributed by atoms with Crippen LogP contribution in [0, 0.1) is 11.8 Å². The highest BCUT2D eigenvalue weighted by Gasteiger charge is 2.44. The van der Waals surface area contributed by atoms with Crippen molar-refractivity contribution in [2.24, 2.45) is 17.6 Å². The first-order valence-electron chi connectivity index (χ1n) is 12.6. The van der Waals surface area contributed by atoms with Gasteiger partial charge in [-0.15, -0.1) is 0 Å². The first-order valence-corrected chi connectivity index (χ1v) is 14.4. The Bertz CT molecular complexity index is 1350. The summed E-state index contributed by atoms with van der Waals surface area (Å²) in [5.41, 5.74) is 6.52. The summed E-state index contributed by atoms with van der Waals surface area (Å²) in [7, 11) is 0.216. The lowest BCUT2D eigenvalue weighted by Crippen LogP contribution is -2.44. The van der Waals surface area contributed by atoms with Gasteiger partial charge >= 0.3 is 0 Å². The average molecular weight is 568 g/mol. The second-order valence-electron chi connectivity index (χ2n) is 10.7. The SMILES string of the molecule is CC(=O)C1=C(O)c2c(O)c(CCCNS(C)(=O)=O)cc(N(C)C)c2CC1CC1CC(O)=C(C(N)=O)C(O)(O)C1. The zero-order chi connectivity index (χ0) is 29.4. The molecular weight excluding hydrogens is 530 g/mol. The number of anilines is 1. The molecule has 1 amide bonds. The van der Waals surface area contributed by atoms with E-state index in [2.05, 4.69) is 4.72 Å². The number of carbonyl (C=O) groups is 2. The number of phenolic OH excluding ortho intramolecular Hbond substituents is 1. The number of nitrogens with two attached hydrogens (primary N) is 1. The summed E-state index contributed by atoms with van der Waals surface area (Å²) in [6.07, 6.45) is 1.77. The number of hydrogen-bond donors (Lipinski definition) is 7. The topological polar surface area (TPSA) is 211 Å². The molecule has 216 valence electrons. The molecule has 2 aliphatic carbocycles. The van der Waals surface area contributed by atoms with Gasteiger partial charge in [-0.2, -0.15) is 0 Å². The quantitative estimate of drug-likeness (QED) is 0.156. The van der Waals surface area contributed by atoms with Gasteiger partial charge in [0.1, 0.15) is 22.8 Å². The number of aliphatic hydroxyl groups excluding tert-OH is 2. The molecule has 0 radical (unpaired) electrons. The van der Waals surface area contributed by atoms with E-state index in [9.17, 15) is 43.5 Å². The van der Waals surface area contributed by atoms with E-state index in [4.69, 9.17) is 5.73 Å². The lowest BCUT2D eigenvalue weighted by molar-refractivity contribution is -0.158. The number of phenols is 1. The van der Waals surface area contributed by atoms with Gasteiger partial charge in [-0.3, -0.25) is 9.59 Å². The van der Waals surface area contributed by atoms with Gasteiger partial charge in [-0.25, -0.2) is 13.1 Å². The van der Waals surface area contributed by atoms with Crippen molar-refractivity contribution in [3.8, 4) is 5.75 Å². The van der Waals surface area contributed by atoms with Crippen LogP contribution in [0.5, 0.6) is 5.75 Å². The Kier molecular flexibility index (Phi) is 8.70. The van der Waals surface area contributed by atoms with Crippen molar-refractivity contribution in [3.05, 3.63) is 39.7 Å². The molecule has 0 aromatic heterocycles. The number of carbonyl (C=O) groups excluding carboxylic acids is 2. The highest BCUT2D eigenvalue weighted by Crippen LogP contribution is 2.48. The summed E-state index contributed by atoms with van der Waals surface area (Å²) < 4.78 is 25.1. The number of aromatic hydroxyl groups is 1. The number of nitrogens with one attached hydrogen (secondary N) is 1. The van der Waals surface area contributed by atoms with E-state index in [1.165, 1.54) is 6.92 Å². The molecule has 2 unspecified atom stereocenters. The molecule has 13 heteroatoms. The van der Waals surface area contributed by atoms with E-state index in [-0.39, 0.29) is 54.9 Å². The fourth-order valence-corrected chi connectivity index (χ4v) is 6.28. The van der Waals surface area contributed by atoms with E-state index in [0.29, 0.717) is 29.7 Å². The molecule has 1 aromatic rings. The Balaban J connectivity index is 2.01. The minimum atomic E-state index is -3.37. The number of hydrogen-bond acceptors (Lipinski definition) is 10. The summed E-state index contributed by atoms with van der Waals surface area (Å²) >= 11 is 0. The first-order chi connectivity index (χ1) is 17.9. The molecule has 3 rings (SSSR count). The van der Waals surface area contributed by atoms with Crippen molar-refractivity contribution in [1.82, 2.24) is 4.72 Å². The molecule has 0 saturated heterocycles. The molecule has 39 heavy (non-hydrogen) atoms. The van der Waals surface area contributed by atoms with E-state index < -0.39 is 50.7 Å². The zero-order valence-electron chi connectivity index (χ0n) is 22.5. The van der Waals surface area contributed by atoms with E-state index >= 15 is 0 Å². The van der Waals surface area contributed by atoms with Crippen molar-refractivity contribution in [1.29, 1.82) is 0 Å². The number of Topliss-reactive ketones (excluding diaryl/α,β-unsaturated/α-hetero) is 1. The molecule has 0 spiro atoms. The monoisotopic (exact) mass is 567 g/mol. The van der Waals surface area contributed by atoms with Crippen LogP contribution in [0.25, 0.3) is 5.76 Å². The van der Waals surface area contributed by atoms with E-state index in [1.54, 1.807) is 25.1 Å². The van der Waals surface area contributed by atoms with Gasteiger partial charge in [-0.1, -0.05) is 0 Å². The van der Waals surface area contributed by atoms with Crippen LogP contribution >= 0.6 is 0 Å². The number of amides is 1. The minimum Gasteiger partial charge on any atom is -0.512 e. The number of aryl methyl sites for hydroxylation is 1. The van der Waals surface area contributed by atoms with Crippen LogP contribution in [-0.4, -0.2) is 78.3 Å². The van der Waals surface area contributed by atoms with Gasteiger partial charge in [0.2, 0.25) is 10.0 Å². The number of fused-ring (bicyclic) bond motifs is 1. The summed E-state index contributed by atoms with van der Waals surface area (Å²) in [6, 6.07) is 1.76. The van der Waals surface area contributed by atoms with Gasteiger partial charge in [-0.05, 0) is 61.6 Å². The van der Waals surface area contributed by atoms with Crippen molar-refractivity contribution in [2.45, 2.75) is 51.2 Å². The molecule has 2 atom stereocenters. The molecule has 0 heterocycles. The van der Waals surface area contributed by atoms with Crippen molar-refractivity contribution in [2.75, 3.05) is 31.8 Å². The zero-order valence-corrected chi connectivity index (χ0v) is 23.3. The number of benzene rings is 1. The Morgan fingerprint density at radius 2 is 1.82 bits per heavy atom. The van der Waals surface area contributed by atoms with Crippen LogP contribution < -0.4 is 15.4 Å². The number of sulfonamides is 1. The average Bonchev–Trinajstić information content (AvgIpc) is 2.75. The summed E-state index contributed by atoms with van der Waals surface area (Å²) in [5.74, 6) is -6.45. The maximum atomic E-state index is 12.7. The van der Waals surface area contributed by atoms with Gasteiger partial charge in [0.05, 0.1) is 11.8 Å². The second kappa shape index (κ2) is 11.2. The molecule has 8 N–H and O–H groups in total. The van der Waals surface area contributed by atoms with Crippen LogP contribution in [0.3, 0.4) is 0 Å². The highest BCUT2D eigenvalue weighted by atomic mass is 32.2. The number of rotatable bonds is 10. The van der Waals surface area contributed by atoms with Gasteiger partial charge < -0.3 is 36.2 Å². The van der Waals surface area contributed by atoms with Crippen molar-refractivity contribution in [3.63, 3.8) is 0 Å². The van der Waals surface area contributed by atoms with Gasteiger partial charge in [0.25, 0.3) is 5.91 Å². The summed E-state index contributed by atoms with van der Waals surface area (Å²) in [4.78, 5) is 26.2. The predicted molar refractivity (Wildman–Crippen MR) is 144 cm³/mol. The molecule has 12 nitrogen and oxygen atoms in total. The first kappa shape index (κ1) is 30.4. The Morgan fingerprint density at radius 3 is 2.33 bits per heavy atom. The molecule has 2 aliphatic rings. The Hall–Kier alpha value is -3.13. The molecule has 0 bridgehead atoms. The van der Waals surface area contributed by atoms with Crippen molar-refractivity contribution < 1.29 is 43.5 Å². The van der Waals surface area contributed by atoms with Gasteiger partial charge in [0.15, 0.2) is 11.6 Å². The third-order valence-corrected chi connectivity index (χ3v) is 8.00. The van der Waals surface area contributed by atoms with Gasteiger partial charge in [0, 0.05) is 44.7 Å². The largest absolute Gasteiger partial charge is 0.512 e. The molecule has 0 fully saturated rings. The fraction of sp³-hybridized carbons (Fsp3) is 0.538. The van der Waals surface area contributed by atoms with Crippen LogP contribution in [0.4, 0.5) is 5.69 Å². The lowest BCUT2D eigenvalue weighted by atomic mass is 9.71. The third kappa shape index (κ3) is 6.55. The fourth-order valence-electron chi connectivity index (χ4n) is 5.76. The van der Waals surface area contributed by atoms with Crippen LogP contribution in [-0.2, 0) is 32.5 Å². The van der Waals surface area contributed by atoms with E-state index in [1.807, 2.05) is 0 Å². The number of nitrogens with zero attached hydrogens (tertiary/aromatic N) is 1. The second-order valence-corrected chi connectivity index (χ2v) is 12.5. The Labute approximate surface area is 227 Å². The molecule has 1 aromatic carbocycles. The summed E-state index contributed by atoms with van der Waals surface area (Å²) in [5, 5.41) is 53.6. The molecule has 0 aliphatic heterocycles. The van der Waals surface area contributed by atoms with Crippen molar-refractivity contribution >= 4 is 33.2 Å². The smallest absolute Gasteiger partial charge is 0.253 e. The van der Waals surface area contributed by atoms with Crippen LogP contribution in [0.1, 0.15) is 49.3 Å². The normalized spacial score (nSPS) is 21.1. The molecular formula is C26H37N3O9S. The third-order valence-electron chi connectivity index (χ3n) is 7.27. The summed E-state index contributed by atoms with van der Waals surface area (Å²) in [6.45, 7) is 1.45. The number of primary amides is 1. The maximum Gasteiger partial charge on any atom is 0.253 e. The number of allylic oxidation sites excluding steroid dienone is 2. The standard InChI is InChI=1S/C26H37N3O9S/c1-13(30)20-16(8-14-9-19(31)22(25(27)34)26(35,36)12-14)10-17-18(29(2)3)11-15(23(32)21(17)24(20)33)6-5-7-28-39(4,37)38/h11,14,16,28,31-33,35-36H,5-10,12H2,1-4H3,(H2,27,34). The van der Waals surface area contributed by atoms with Crippen LogP contribution in [0.2, 0.25) is 0 Å². The maximum absolute atomic E-state index is 12.7. The molecule has 0 saturated carbocycles. The Morgan fingerprint density at radius 1 is 1.18 bits per heavy atom.